The van der Waals surface area contributed by atoms with Crippen LogP contribution in [0.5, 0.6) is 0 Å². The van der Waals surface area contributed by atoms with Gasteiger partial charge in [-0.05, 0) is 80.9 Å². The van der Waals surface area contributed by atoms with Gasteiger partial charge >= 0.3 is 0 Å². The molecule has 3 atom stereocenters. The molecule has 6 nitrogen and oxygen atoms in total. The zero-order chi connectivity index (χ0) is 23.0. The number of piperidine rings is 1. The van der Waals surface area contributed by atoms with E-state index in [0.717, 1.165) is 32.5 Å². The number of carbonyl (C=O) groups is 2. The fourth-order valence-corrected chi connectivity index (χ4v) is 6.68. The molecule has 2 aliphatic heterocycles. The van der Waals surface area contributed by atoms with Crippen LogP contribution in [0.25, 0.3) is 0 Å². The summed E-state index contributed by atoms with van der Waals surface area (Å²) in [5.41, 5.74) is 6.25. The number of amides is 2. The SMILES string of the molecule is NC(=O)c1cccc([C@H]2C[C@H]3CC[C@@H](C2)N3CCN(CC2CCCCC2)C(=O)C2(O)CC2)c1. The summed E-state index contributed by atoms with van der Waals surface area (Å²) in [5.74, 6) is 0.658. The van der Waals surface area contributed by atoms with Crippen LogP contribution in [0.15, 0.2) is 24.3 Å². The van der Waals surface area contributed by atoms with Crippen molar-refractivity contribution in [3.05, 3.63) is 35.4 Å². The first-order valence-electron chi connectivity index (χ1n) is 13.1. The number of hydrogen-bond acceptors (Lipinski definition) is 4. The number of rotatable bonds is 8. The molecular weight excluding hydrogens is 414 g/mol. The lowest BCUT2D eigenvalue weighted by Crippen LogP contribution is -2.50. The molecule has 2 heterocycles. The van der Waals surface area contributed by atoms with Crippen LogP contribution >= 0.6 is 0 Å². The van der Waals surface area contributed by atoms with Crippen molar-refractivity contribution in [3.63, 3.8) is 0 Å². The van der Waals surface area contributed by atoms with Gasteiger partial charge in [0.15, 0.2) is 0 Å². The molecule has 2 saturated heterocycles. The number of fused-ring (bicyclic) bond motifs is 2. The van der Waals surface area contributed by atoms with Gasteiger partial charge in [-0.1, -0.05) is 31.4 Å². The van der Waals surface area contributed by atoms with E-state index in [-0.39, 0.29) is 11.8 Å². The van der Waals surface area contributed by atoms with E-state index in [1.807, 2.05) is 17.0 Å². The fraction of sp³-hybridized carbons (Fsp3) is 0.704. The van der Waals surface area contributed by atoms with Gasteiger partial charge in [-0.25, -0.2) is 0 Å². The monoisotopic (exact) mass is 453 g/mol. The molecule has 4 aliphatic rings. The molecule has 0 radical (unpaired) electrons. The van der Waals surface area contributed by atoms with E-state index < -0.39 is 5.60 Å². The lowest BCUT2D eigenvalue weighted by Gasteiger charge is -2.41. The lowest BCUT2D eigenvalue weighted by atomic mass is 9.84. The van der Waals surface area contributed by atoms with E-state index in [1.54, 1.807) is 6.07 Å². The van der Waals surface area contributed by atoms with Gasteiger partial charge in [0.05, 0.1) is 0 Å². The van der Waals surface area contributed by atoms with E-state index in [0.29, 0.717) is 42.3 Å². The van der Waals surface area contributed by atoms with Crippen LogP contribution < -0.4 is 5.73 Å². The molecule has 1 aromatic carbocycles. The van der Waals surface area contributed by atoms with Crippen molar-refractivity contribution in [2.45, 2.75) is 94.2 Å². The summed E-state index contributed by atoms with van der Waals surface area (Å²) < 4.78 is 0. The highest BCUT2D eigenvalue weighted by Crippen LogP contribution is 2.43. The number of aliphatic hydroxyl groups is 1. The smallest absolute Gasteiger partial charge is 0.254 e. The fourth-order valence-electron chi connectivity index (χ4n) is 6.68. The Morgan fingerprint density at radius 3 is 2.39 bits per heavy atom. The van der Waals surface area contributed by atoms with Gasteiger partial charge in [-0.2, -0.15) is 0 Å². The van der Waals surface area contributed by atoms with E-state index >= 15 is 0 Å². The normalized spacial score (nSPS) is 29.1. The predicted octanol–water partition coefficient (Wildman–Crippen LogP) is 3.43. The van der Waals surface area contributed by atoms with E-state index in [1.165, 1.54) is 50.5 Å². The van der Waals surface area contributed by atoms with Crippen LogP contribution in [-0.2, 0) is 4.79 Å². The maximum Gasteiger partial charge on any atom is 0.254 e. The van der Waals surface area contributed by atoms with Crippen LogP contribution in [0.2, 0.25) is 0 Å². The summed E-state index contributed by atoms with van der Waals surface area (Å²) in [6, 6.07) is 8.90. The molecule has 1 aromatic rings. The number of primary amides is 1. The Labute approximate surface area is 197 Å². The second kappa shape index (κ2) is 9.38. The number of nitrogens with zero attached hydrogens (tertiary/aromatic N) is 2. The van der Waals surface area contributed by atoms with Gasteiger partial charge in [-0.3, -0.25) is 14.5 Å². The van der Waals surface area contributed by atoms with Crippen LogP contribution in [0.4, 0.5) is 0 Å². The van der Waals surface area contributed by atoms with Crippen molar-refractivity contribution in [1.82, 2.24) is 9.80 Å². The average molecular weight is 454 g/mol. The summed E-state index contributed by atoms with van der Waals surface area (Å²) in [7, 11) is 0. The zero-order valence-electron chi connectivity index (χ0n) is 19.8. The zero-order valence-corrected chi connectivity index (χ0v) is 19.8. The quantitative estimate of drug-likeness (QED) is 0.631. The van der Waals surface area contributed by atoms with Crippen LogP contribution in [0, 0.1) is 5.92 Å². The maximum atomic E-state index is 13.1. The molecule has 0 unspecified atom stereocenters. The predicted molar refractivity (Wildman–Crippen MR) is 128 cm³/mol. The van der Waals surface area contributed by atoms with E-state index in [4.69, 9.17) is 5.73 Å². The second-order valence-corrected chi connectivity index (χ2v) is 11.1. The minimum atomic E-state index is -1.08. The molecule has 2 bridgehead atoms. The number of benzene rings is 1. The van der Waals surface area contributed by atoms with Crippen LogP contribution in [0.1, 0.15) is 92.5 Å². The Balaban J connectivity index is 1.22. The van der Waals surface area contributed by atoms with Crippen LogP contribution in [-0.4, -0.2) is 64.0 Å². The molecule has 0 spiro atoms. The Morgan fingerprint density at radius 1 is 1.06 bits per heavy atom. The van der Waals surface area contributed by atoms with Gasteiger partial charge in [-0.15, -0.1) is 0 Å². The van der Waals surface area contributed by atoms with Crippen molar-refractivity contribution in [2.75, 3.05) is 19.6 Å². The maximum absolute atomic E-state index is 13.1. The van der Waals surface area contributed by atoms with Crippen molar-refractivity contribution in [2.24, 2.45) is 11.7 Å². The topological polar surface area (TPSA) is 86.9 Å². The first kappa shape index (κ1) is 22.9. The Kier molecular flexibility index (Phi) is 6.49. The summed E-state index contributed by atoms with van der Waals surface area (Å²) in [6.45, 7) is 2.44. The second-order valence-electron chi connectivity index (χ2n) is 11.1. The summed E-state index contributed by atoms with van der Waals surface area (Å²) >= 11 is 0. The van der Waals surface area contributed by atoms with Gasteiger partial charge in [0.2, 0.25) is 5.91 Å². The third-order valence-electron chi connectivity index (χ3n) is 8.77. The van der Waals surface area contributed by atoms with E-state index in [2.05, 4.69) is 11.0 Å². The minimum Gasteiger partial charge on any atom is -0.380 e. The molecule has 3 N–H and O–H groups in total. The first-order valence-corrected chi connectivity index (χ1v) is 13.1. The highest BCUT2D eigenvalue weighted by atomic mass is 16.3. The summed E-state index contributed by atoms with van der Waals surface area (Å²) in [6.07, 6.45) is 12.1. The molecule has 6 heteroatoms. The summed E-state index contributed by atoms with van der Waals surface area (Å²) in [4.78, 5) is 29.3. The highest BCUT2D eigenvalue weighted by molar-refractivity contribution is 5.92. The van der Waals surface area contributed by atoms with Crippen LogP contribution in [0.3, 0.4) is 0 Å². The standard InChI is InChI=1S/C27H39N3O3/c28-25(31)21-8-4-7-20(15-21)22-16-23-9-10-24(17-22)30(23)14-13-29(26(32)27(33)11-12-27)18-19-5-2-1-3-6-19/h4,7-8,15,19,22-24,33H,1-3,5-6,9-14,16-18H2,(H2,28,31)/t22-,23+,24-. The first-order chi connectivity index (χ1) is 15.9. The lowest BCUT2D eigenvalue weighted by molar-refractivity contribution is -0.143. The molecule has 2 aliphatic carbocycles. The molecule has 2 saturated carbocycles. The van der Waals surface area contributed by atoms with Gasteiger partial charge < -0.3 is 15.7 Å². The molecule has 0 aromatic heterocycles. The van der Waals surface area contributed by atoms with Gasteiger partial charge in [0, 0.05) is 37.3 Å². The third kappa shape index (κ3) is 4.97. The van der Waals surface area contributed by atoms with Crippen molar-refractivity contribution in [3.8, 4) is 0 Å². The number of carbonyl (C=O) groups excluding carboxylic acids is 2. The van der Waals surface area contributed by atoms with Gasteiger partial charge in [0.1, 0.15) is 5.60 Å². The number of nitrogens with two attached hydrogens (primary N) is 1. The highest BCUT2D eigenvalue weighted by Gasteiger charge is 2.50. The van der Waals surface area contributed by atoms with Crippen molar-refractivity contribution in [1.29, 1.82) is 0 Å². The van der Waals surface area contributed by atoms with Crippen molar-refractivity contribution < 1.29 is 14.7 Å². The molecule has 33 heavy (non-hydrogen) atoms. The third-order valence-corrected chi connectivity index (χ3v) is 8.77. The van der Waals surface area contributed by atoms with Crippen molar-refractivity contribution >= 4 is 11.8 Å². The molecule has 2 amide bonds. The summed E-state index contributed by atoms with van der Waals surface area (Å²) in [5, 5.41) is 10.5. The molecule has 180 valence electrons. The molecule has 4 fully saturated rings. The molecule has 5 rings (SSSR count). The Morgan fingerprint density at radius 2 is 1.76 bits per heavy atom. The average Bonchev–Trinajstić information content (AvgIpc) is 3.54. The number of hydrogen-bond donors (Lipinski definition) is 2. The van der Waals surface area contributed by atoms with E-state index in [9.17, 15) is 14.7 Å². The Hall–Kier alpha value is -1.92. The van der Waals surface area contributed by atoms with Gasteiger partial charge in [0.25, 0.3) is 5.91 Å². The largest absolute Gasteiger partial charge is 0.380 e. The Bertz CT molecular complexity index is 863. The minimum absolute atomic E-state index is 0.0291. The molecular formula is C27H39N3O3.